The second-order valence-corrected chi connectivity index (χ2v) is 7.49. The maximum absolute atomic E-state index is 12.6. The van der Waals surface area contributed by atoms with Gasteiger partial charge in [0, 0.05) is 19.2 Å². The molecule has 164 valence electrons. The van der Waals surface area contributed by atoms with Crippen molar-refractivity contribution in [2.24, 2.45) is 0 Å². The highest BCUT2D eigenvalue weighted by Gasteiger charge is 2.55. The summed E-state index contributed by atoms with van der Waals surface area (Å²) in [6.07, 6.45) is -5.63. The van der Waals surface area contributed by atoms with Gasteiger partial charge in [-0.05, 0) is 29.5 Å². The topological polar surface area (TPSA) is 89.5 Å². The van der Waals surface area contributed by atoms with E-state index in [2.05, 4.69) is 5.32 Å². The average Bonchev–Trinajstić information content (AvgIpc) is 3.52. The number of carbonyl (C=O) groups is 3. The molecule has 1 aliphatic rings. The highest BCUT2D eigenvalue weighted by atomic mass is 19.4. The zero-order valence-electron chi connectivity index (χ0n) is 16.7. The third-order valence-corrected chi connectivity index (χ3v) is 5.38. The van der Waals surface area contributed by atoms with Gasteiger partial charge in [0.25, 0.3) is 0 Å². The molecule has 0 radical (unpaired) electrons. The first kappa shape index (κ1) is 22.3. The van der Waals surface area contributed by atoms with Gasteiger partial charge in [0.05, 0.1) is 5.97 Å². The Morgan fingerprint density at radius 1 is 1.06 bits per heavy atom. The Morgan fingerprint density at radius 3 is 2.23 bits per heavy atom. The van der Waals surface area contributed by atoms with Crippen molar-refractivity contribution < 1.29 is 32.7 Å². The first-order chi connectivity index (χ1) is 14.5. The molecule has 0 aliphatic heterocycles. The summed E-state index contributed by atoms with van der Waals surface area (Å²) < 4.78 is 37.5. The van der Waals surface area contributed by atoms with Crippen LogP contribution >= 0.6 is 0 Å². The van der Waals surface area contributed by atoms with Crippen LogP contribution < -0.4 is 10.4 Å². The van der Waals surface area contributed by atoms with Gasteiger partial charge in [0.2, 0.25) is 11.8 Å². The van der Waals surface area contributed by atoms with Crippen LogP contribution in [0.25, 0.3) is 11.1 Å². The van der Waals surface area contributed by atoms with Crippen LogP contribution in [0.15, 0.2) is 48.5 Å². The fourth-order valence-electron chi connectivity index (χ4n) is 3.42. The summed E-state index contributed by atoms with van der Waals surface area (Å²) in [6, 6.07) is 13.2. The van der Waals surface area contributed by atoms with E-state index in [0.29, 0.717) is 29.5 Å². The Balaban J connectivity index is 1.64. The van der Waals surface area contributed by atoms with Crippen LogP contribution in [-0.2, 0) is 16.1 Å². The number of likely N-dealkylation sites (N-methyl/N-ethyl adjacent to an activating group) is 1. The molecule has 3 rings (SSSR count). The van der Waals surface area contributed by atoms with E-state index < -0.39 is 35.9 Å². The van der Waals surface area contributed by atoms with Crippen molar-refractivity contribution >= 4 is 17.8 Å². The van der Waals surface area contributed by atoms with Crippen LogP contribution in [0.5, 0.6) is 0 Å². The highest BCUT2D eigenvalue weighted by Crippen LogP contribution is 2.42. The second-order valence-electron chi connectivity index (χ2n) is 7.49. The summed E-state index contributed by atoms with van der Waals surface area (Å²) in [6.45, 7) is 0.115. The Labute approximate surface area is 176 Å². The van der Waals surface area contributed by atoms with Crippen LogP contribution in [0.2, 0.25) is 0 Å². The number of carbonyl (C=O) groups excluding carboxylic acids is 3. The summed E-state index contributed by atoms with van der Waals surface area (Å²) in [5.41, 5.74) is 0.690. The molecule has 2 aromatic rings. The summed E-state index contributed by atoms with van der Waals surface area (Å²) in [5, 5.41) is 13.9. The smallest absolute Gasteiger partial charge is 0.397 e. The third-order valence-electron chi connectivity index (χ3n) is 5.38. The fourth-order valence-corrected chi connectivity index (χ4v) is 3.42. The predicted octanol–water partition coefficient (Wildman–Crippen LogP) is 2.28. The number of hydrogen-bond donors (Lipinski definition) is 1. The molecule has 0 saturated heterocycles. The van der Waals surface area contributed by atoms with E-state index in [9.17, 15) is 32.7 Å². The lowest BCUT2D eigenvalue weighted by Gasteiger charge is -2.27. The molecule has 1 fully saturated rings. The number of amides is 2. The first-order valence-electron chi connectivity index (χ1n) is 9.55. The van der Waals surface area contributed by atoms with Gasteiger partial charge >= 0.3 is 6.18 Å². The van der Waals surface area contributed by atoms with Crippen LogP contribution in [0.3, 0.4) is 0 Å². The molecule has 0 spiro atoms. The molecule has 2 aromatic carbocycles. The largest absolute Gasteiger partial charge is 0.545 e. The molecule has 0 unspecified atom stereocenters. The molecule has 9 heteroatoms. The minimum Gasteiger partial charge on any atom is -0.545 e. The molecule has 1 aliphatic carbocycles. The highest BCUT2D eigenvalue weighted by molar-refractivity contribution is 5.95. The zero-order chi connectivity index (χ0) is 22.8. The van der Waals surface area contributed by atoms with E-state index in [4.69, 9.17) is 0 Å². The SMILES string of the molecule is CN(C(=O)CC(F)(F)F)C1(C(=O)NCc2ccc(-c3ccccc3C(=O)[O-])cc2)CC1. The zero-order valence-corrected chi connectivity index (χ0v) is 16.7. The van der Waals surface area contributed by atoms with Gasteiger partial charge in [0.15, 0.2) is 0 Å². The fraction of sp³-hybridized carbons (Fsp3) is 0.318. The minimum atomic E-state index is -4.63. The Hall–Kier alpha value is -3.36. The lowest BCUT2D eigenvalue weighted by molar-refractivity contribution is -0.255. The number of nitrogens with zero attached hydrogens (tertiary/aromatic N) is 1. The van der Waals surface area contributed by atoms with Gasteiger partial charge in [-0.15, -0.1) is 0 Å². The monoisotopic (exact) mass is 433 g/mol. The number of carboxylic acids is 1. The standard InChI is InChI=1S/C22H21F3N2O4/c1-27(18(28)12-22(23,24)25)21(10-11-21)20(31)26-13-14-6-8-15(9-7-14)16-4-2-3-5-17(16)19(29)30/h2-9H,10-13H2,1H3,(H,26,31)(H,29,30)/p-1. The maximum Gasteiger partial charge on any atom is 0.397 e. The number of alkyl halides is 3. The Bertz CT molecular complexity index is 999. The van der Waals surface area contributed by atoms with E-state index >= 15 is 0 Å². The Kier molecular flexibility index (Phi) is 6.06. The minimum absolute atomic E-state index is 0.0609. The number of rotatable bonds is 7. The van der Waals surface area contributed by atoms with E-state index in [0.717, 1.165) is 4.90 Å². The summed E-state index contributed by atoms with van der Waals surface area (Å²) >= 11 is 0. The third kappa shape index (κ3) is 5.04. The van der Waals surface area contributed by atoms with Gasteiger partial charge in [0.1, 0.15) is 12.0 Å². The molecule has 2 amide bonds. The molecule has 1 N–H and O–H groups in total. The summed E-state index contributed by atoms with van der Waals surface area (Å²) in [5.74, 6) is -2.93. The molecule has 0 heterocycles. The normalized spacial score (nSPS) is 14.6. The van der Waals surface area contributed by atoms with Crippen LogP contribution in [0.1, 0.15) is 35.2 Å². The van der Waals surface area contributed by atoms with Gasteiger partial charge in [-0.3, -0.25) is 9.59 Å². The molecular weight excluding hydrogens is 413 g/mol. The van der Waals surface area contributed by atoms with Crippen molar-refractivity contribution in [1.29, 1.82) is 0 Å². The van der Waals surface area contributed by atoms with Crippen molar-refractivity contribution in [2.75, 3.05) is 7.05 Å². The lowest BCUT2D eigenvalue weighted by atomic mass is 9.99. The van der Waals surface area contributed by atoms with Gasteiger partial charge < -0.3 is 20.1 Å². The predicted molar refractivity (Wildman–Crippen MR) is 103 cm³/mol. The van der Waals surface area contributed by atoms with Gasteiger partial charge in [-0.25, -0.2) is 0 Å². The van der Waals surface area contributed by atoms with Crippen molar-refractivity contribution in [1.82, 2.24) is 10.2 Å². The molecule has 1 saturated carbocycles. The van der Waals surface area contributed by atoms with Crippen LogP contribution in [0.4, 0.5) is 13.2 Å². The van der Waals surface area contributed by atoms with Crippen molar-refractivity contribution in [3.63, 3.8) is 0 Å². The van der Waals surface area contributed by atoms with E-state index in [1.54, 1.807) is 42.5 Å². The number of nitrogens with one attached hydrogen (secondary N) is 1. The van der Waals surface area contributed by atoms with Crippen molar-refractivity contribution in [3.8, 4) is 11.1 Å². The molecular formula is C22H20F3N2O4-. The number of aromatic carboxylic acids is 1. The Morgan fingerprint density at radius 2 is 1.68 bits per heavy atom. The van der Waals surface area contributed by atoms with Crippen LogP contribution in [-0.4, -0.2) is 41.4 Å². The molecule has 0 atom stereocenters. The van der Waals surface area contributed by atoms with Crippen molar-refractivity contribution in [3.05, 3.63) is 59.7 Å². The van der Waals surface area contributed by atoms with Crippen molar-refractivity contribution in [2.45, 2.75) is 37.5 Å². The van der Waals surface area contributed by atoms with Crippen LogP contribution in [0, 0.1) is 0 Å². The van der Waals surface area contributed by atoms with Gasteiger partial charge in [-0.2, -0.15) is 13.2 Å². The number of carboxylic acid groups (broad SMARTS) is 1. The maximum atomic E-state index is 12.6. The number of hydrogen-bond acceptors (Lipinski definition) is 4. The summed E-state index contributed by atoms with van der Waals surface area (Å²) in [4.78, 5) is 36.6. The van der Waals surface area contributed by atoms with E-state index in [1.807, 2.05) is 0 Å². The molecule has 6 nitrogen and oxygen atoms in total. The molecule has 31 heavy (non-hydrogen) atoms. The molecule has 0 bridgehead atoms. The number of benzene rings is 2. The molecule has 0 aromatic heterocycles. The van der Waals surface area contributed by atoms with E-state index in [1.165, 1.54) is 13.1 Å². The summed E-state index contributed by atoms with van der Waals surface area (Å²) in [7, 11) is 1.21. The second kappa shape index (κ2) is 8.41. The number of halogens is 3. The van der Waals surface area contributed by atoms with E-state index in [-0.39, 0.29) is 12.1 Å². The quantitative estimate of drug-likeness (QED) is 0.726. The average molecular weight is 433 g/mol. The van der Waals surface area contributed by atoms with Gasteiger partial charge in [-0.1, -0.05) is 48.5 Å². The first-order valence-corrected chi connectivity index (χ1v) is 9.55. The lowest BCUT2D eigenvalue weighted by Crippen LogP contribution is -2.50.